The van der Waals surface area contributed by atoms with Gasteiger partial charge in [0.25, 0.3) is 0 Å². The highest BCUT2D eigenvalue weighted by Crippen LogP contribution is 2.48. The number of terminal acetylenes is 1. The number of aryl methyl sites for hydroxylation is 1. The van der Waals surface area contributed by atoms with E-state index < -0.39 is 23.6 Å². The number of anilines is 2. The molecule has 2 amide bonds. The zero-order valence-electron chi connectivity index (χ0n) is 43.1. The highest BCUT2D eigenvalue weighted by atomic mass is 19.1. The number of piperazine rings is 1. The van der Waals surface area contributed by atoms with Crippen molar-refractivity contribution in [3.05, 3.63) is 76.3 Å². The van der Waals surface area contributed by atoms with Gasteiger partial charge in [-0.15, -0.1) is 6.42 Å². The Morgan fingerprint density at radius 2 is 1.58 bits per heavy atom. The summed E-state index contributed by atoms with van der Waals surface area (Å²) >= 11 is 0. The molecular weight excluding hydrogens is 969 g/mol. The summed E-state index contributed by atoms with van der Waals surface area (Å²) < 4.78 is 41.9. The van der Waals surface area contributed by atoms with Crippen LogP contribution in [0.4, 0.5) is 20.3 Å². The van der Waals surface area contributed by atoms with Crippen molar-refractivity contribution >= 4 is 56.0 Å². The van der Waals surface area contributed by atoms with Gasteiger partial charge in [-0.25, -0.2) is 13.6 Å². The van der Waals surface area contributed by atoms with E-state index in [2.05, 4.69) is 47.2 Å². The van der Waals surface area contributed by atoms with Crippen LogP contribution in [0, 0.1) is 47.1 Å². The quantitative estimate of drug-likeness (QED) is 0.0850. The van der Waals surface area contributed by atoms with E-state index in [0.29, 0.717) is 71.6 Å². The van der Waals surface area contributed by atoms with Crippen molar-refractivity contribution in [3.8, 4) is 35.4 Å². The number of fused-ring (bicyclic) bond motifs is 5. The Kier molecular flexibility index (Phi) is 12.5. The van der Waals surface area contributed by atoms with E-state index in [0.717, 1.165) is 101 Å². The molecule has 0 spiro atoms. The molecule has 7 fully saturated rings. The van der Waals surface area contributed by atoms with Crippen molar-refractivity contribution in [2.75, 3.05) is 81.9 Å². The number of imide groups is 1. The average Bonchev–Trinajstić information content (AvgIpc) is 4.08. The van der Waals surface area contributed by atoms with Gasteiger partial charge < -0.3 is 34.8 Å². The van der Waals surface area contributed by atoms with Gasteiger partial charge in [0, 0.05) is 99.0 Å². The number of halogens is 2. The fourth-order valence-corrected chi connectivity index (χ4v) is 13.8. The van der Waals surface area contributed by atoms with Crippen LogP contribution in [0.2, 0.25) is 0 Å². The van der Waals surface area contributed by atoms with Gasteiger partial charge in [-0.1, -0.05) is 12.0 Å². The number of aromatic hydroxyl groups is 1. The lowest BCUT2D eigenvalue weighted by Gasteiger charge is -2.44. The normalized spacial score (nSPS) is 23.6. The van der Waals surface area contributed by atoms with Crippen molar-refractivity contribution in [3.63, 3.8) is 0 Å². The van der Waals surface area contributed by atoms with E-state index in [9.17, 15) is 19.5 Å². The number of phenols is 1. The molecule has 396 valence electrons. The SMILES string of the molecule is C#Cc1c(F)ccc2cc(O)cc(-c3ncc4c(N5CC6CCC(C5)N6)nc(OCC5(CN6CCC(CC7CCN(CC8CN(c9ccc%10c(c9)n(C)c(=O)n%10C9CCC(=O)NC9=O)C8)CC7)CC6)CC5)nc4c3F)c12. The molecule has 7 aliphatic rings. The first-order chi connectivity index (χ1) is 36.9. The number of hydrogen-bond acceptors (Lipinski definition) is 13. The molecule has 76 heavy (non-hydrogen) atoms. The molecule has 2 bridgehead atoms. The van der Waals surface area contributed by atoms with E-state index in [1.807, 2.05) is 12.1 Å². The molecule has 18 heteroatoms. The molecule has 13 rings (SSSR count). The number of carbonyl (C=O) groups excluding carboxylic acids is 2. The third kappa shape index (κ3) is 9.11. The predicted octanol–water partition coefficient (Wildman–Crippen LogP) is 6.49. The second-order valence-electron chi connectivity index (χ2n) is 23.3. The number of phenolic OH excluding ortho intramolecular Hbond substituents is 1. The highest BCUT2D eigenvalue weighted by molar-refractivity contribution is 6.03. The number of benzene rings is 3. The van der Waals surface area contributed by atoms with Gasteiger partial charge in [0.2, 0.25) is 11.8 Å². The van der Waals surface area contributed by atoms with Crippen molar-refractivity contribution < 1.29 is 28.2 Å². The van der Waals surface area contributed by atoms with E-state index in [4.69, 9.17) is 21.1 Å². The zero-order chi connectivity index (χ0) is 52.0. The molecule has 3 atom stereocenters. The van der Waals surface area contributed by atoms with Gasteiger partial charge in [0.1, 0.15) is 34.6 Å². The second-order valence-corrected chi connectivity index (χ2v) is 23.3. The number of pyridine rings is 1. The van der Waals surface area contributed by atoms with Crippen molar-refractivity contribution in [1.29, 1.82) is 0 Å². The molecule has 0 radical (unpaired) electrons. The zero-order valence-corrected chi connectivity index (χ0v) is 43.1. The van der Waals surface area contributed by atoms with Gasteiger partial charge in [-0.3, -0.25) is 29.0 Å². The predicted molar refractivity (Wildman–Crippen MR) is 286 cm³/mol. The van der Waals surface area contributed by atoms with Crippen LogP contribution in [-0.4, -0.2) is 135 Å². The molecule has 3 N–H and O–H groups in total. The maximum atomic E-state index is 17.2. The Labute approximate surface area is 439 Å². The van der Waals surface area contributed by atoms with Crippen LogP contribution >= 0.6 is 0 Å². The molecule has 9 heterocycles. The van der Waals surface area contributed by atoms with E-state index >= 15 is 8.78 Å². The van der Waals surface area contributed by atoms with Crippen LogP contribution in [0.3, 0.4) is 0 Å². The topological polar surface area (TPSA) is 166 Å². The summed E-state index contributed by atoms with van der Waals surface area (Å²) in [6.45, 7) is 10.3. The molecule has 6 aliphatic heterocycles. The first-order valence-corrected chi connectivity index (χ1v) is 27.5. The summed E-state index contributed by atoms with van der Waals surface area (Å²) in [7, 11) is 1.74. The van der Waals surface area contributed by atoms with Gasteiger partial charge in [0.05, 0.1) is 28.6 Å². The first-order valence-electron chi connectivity index (χ1n) is 27.5. The maximum Gasteiger partial charge on any atom is 0.329 e. The van der Waals surface area contributed by atoms with Gasteiger partial charge in [-0.2, -0.15) is 9.97 Å². The number of hydrogen-bond donors (Lipinski definition) is 3. The number of carbonyl (C=O) groups is 2. The van der Waals surface area contributed by atoms with Crippen LogP contribution < -0.4 is 30.9 Å². The second kappa shape index (κ2) is 19.4. The number of aromatic nitrogens is 5. The monoisotopic (exact) mass is 1030 g/mol. The minimum atomic E-state index is -0.717. The minimum absolute atomic E-state index is 0.0124. The van der Waals surface area contributed by atoms with E-state index in [1.54, 1.807) is 17.8 Å². The molecule has 3 unspecified atom stereocenters. The number of ether oxygens (including phenoxy) is 1. The summed E-state index contributed by atoms with van der Waals surface area (Å²) in [4.78, 5) is 61.8. The minimum Gasteiger partial charge on any atom is -0.508 e. The lowest BCUT2D eigenvalue weighted by molar-refractivity contribution is -0.135. The lowest BCUT2D eigenvalue weighted by atomic mass is 9.82. The summed E-state index contributed by atoms with van der Waals surface area (Å²) in [6, 6.07) is 11.7. The van der Waals surface area contributed by atoms with Crippen LogP contribution in [0.25, 0.3) is 44.0 Å². The molecule has 3 aromatic carbocycles. The Morgan fingerprint density at radius 3 is 2.29 bits per heavy atom. The van der Waals surface area contributed by atoms with Crippen molar-refractivity contribution in [2.24, 2.45) is 30.2 Å². The van der Waals surface area contributed by atoms with Crippen LogP contribution in [0.1, 0.15) is 82.2 Å². The summed E-state index contributed by atoms with van der Waals surface area (Å²) in [6.07, 6.45) is 18.3. The summed E-state index contributed by atoms with van der Waals surface area (Å²) in [5.74, 6) is 2.94. The molecule has 1 saturated carbocycles. The number of piperidine rings is 3. The molecular formula is C58H65F2N11O5. The smallest absolute Gasteiger partial charge is 0.329 e. The van der Waals surface area contributed by atoms with Crippen LogP contribution in [0.5, 0.6) is 11.8 Å². The number of nitrogens with zero attached hydrogens (tertiary/aromatic N) is 9. The summed E-state index contributed by atoms with van der Waals surface area (Å²) in [5, 5.41) is 18.0. The Hall–Kier alpha value is -6.68. The van der Waals surface area contributed by atoms with Crippen LogP contribution in [0.15, 0.2) is 53.5 Å². The standard InChI is InChI=1S/C58H65F2N11O5/c1-3-42-45(59)8-4-37-23-41(72)25-43(50(37)42)52-51(60)53-44(26-61-52)54(70-30-38-5-6-39(31-70)62-38)65-56(64-53)76-33-58(16-17-58)32-68-20-14-35(15-21-68)22-34-12-18-67(19-13-34)27-36-28-69(29-36)40-7-9-46-48(24-40)66(2)57(75)71(46)47-10-11-49(73)63-55(47)74/h1,4,7-9,23-26,34-36,38-39,47,62,72H,5-6,10-22,27-33H2,2H3,(H,63,73,74). The molecule has 6 aromatic rings. The molecule has 3 aromatic heterocycles. The first kappa shape index (κ1) is 48.9. The third-order valence-electron chi connectivity index (χ3n) is 18.1. The highest BCUT2D eigenvalue weighted by Gasteiger charge is 2.46. The number of rotatable bonds is 13. The van der Waals surface area contributed by atoms with Crippen molar-refractivity contribution in [1.82, 2.24) is 44.5 Å². The van der Waals surface area contributed by atoms with Crippen LogP contribution in [-0.2, 0) is 16.6 Å². The van der Waals surface area contributed by atoms with E-state index in [1.165, 1.54) is 60.9 Å². The Morgan fingerprint density at radius 1 is 0.842 bits per heavy atom. The molecule has 1 aliphatic carbocycles. The fourth-order valence-electron chi connectivity index (χ4n) is 13.8. The third-order valence-corrected chi connectivity index (χ3v) is 18.1. The lowest BCUT2D eigenvalue weighted by Crippen LogP contribution is -2.52. The van der Waals surface area contributed by atoms with Gasteiger partial charge in [-0.05, 0) is 144 Å². The molecule has 16 nitrogen and oxygen atoms in total. The number of likely N-dealkylation sites (tertiary alicyclic amines) is 2. The number of amides is 2. The Bertz CT molecular complexity index is 3390. The van der Waals surface area contributed by atoms with Gasteiger partial charge >= 0.3 is 11.7 Å². The largest absolute Gasteiger partial charge is 0.508 e. The summed E-state index contributed by atoms with van der Waals surface area (Å²) in [5.41, 5.74) is 2.44. The van der Waals surface area contributed by atoms with E-state index in [-0.39, 0.29) is 57.5 Å². The number of nitrogens with one attached hydrogen (secondary N) is 2. The van der Waals surface area contributed by atoms with Gasteiger partial charge in [0.15, 0.2) is 5.82 Å². The van der Waals surface area contributed by atoms with Crippen molar-refractivity contribution in [2.45, 2.75) is 88.8 Å². The fraction of sp³-hybridized carbons (Fsp3) is 0.517. The maximum absolute atomic E-state index is 17.2. The Balaban J connectivity index is 0.606. The molecule has 6 saturated heterocycles. The average molecular weight is 1030 g/mol. The number of imidazole rings is 1.